The normalized spacial score (nSPS) is 12.5. The van der Waals surface area contributed by atoms with Crippen LogP contribution in [-0.4, -0.2) is 16.3 Å². The van der Waals surface area contributed by atoms with E-state index in [2.05, 4.69) is 4.99 Å². The topological polar surface area (TPSA) is 51.4 Å². The first-order valence-corrected chi connectivity index (χ1v) is 8.49. The van der Waals surface area contributed by atoms with Gasteiger partial charge in [0.15, 0.2) is 10.6 Å². The fourth-order valence-electron chi connectivity index (χ4n) is 2.04. The number of halogens is 2. The van der Waals surface area contributed by atoms with Crippen molar-refractivity contribution < 1.29 is 14.0 Å². The molecule has 0 aliphatic heterocycles. The molecule has 1 heterocycles. The Bertz CT molecular complexity index is 891. The number of carbonyl (C=O) groups excluding carboxylic acids is 2. The Labute approximate surface area is 148 Å². The van der Waals surface area contributed by atoms with Crippen molar-refractivity contribution in [2.45, 2.75) is 34.6 Å². The number of ketones is 1. The molecule has 0 fully saturated rings. The van der Waals surface area contributed by atoms with Gasteiger partial charge in [0.05, 0.1) is 9.90 Å². The molecule has 0 radical (unpaired) electrons. The van der Waals surface area contributed by atoms with E-state index in [1.54, 1.807) is 32.3 Å². The van der Waals surface area contributed by atoms with Crippen LogP contribution in [0.3, 0.4) is 0 Å². The Balaban J connectivity index is 2.78. The molecule has 24 heavy (non-hydrogen) atoms. The highest BCUT2D eigenvalue weighted by atomic mass is 35.5. The Morgan fingerprint density at radius 1 is 1.29 bits per heavy atom. The zero-order chi connectivity index (χ0) is 18.2. The van der Waals surface area contributed by atoms with Gasteiger partial charge in [-0.1, -0.05) is 43.7 Å². The lowest BCUT2D eigenvalue weighted by Gasteiger charge is -2.12. The van der Waals surface area contributed by atoms with Gasteiger partial charge >= 0.3 is 0 Å². The molecule has 1 aromatic carbocycles. The number of hydrogen-bond acceptors (Lipinski definition) is 3. The van der Waals surface area contributed by atoms with Crippen molar-refractivity contribution >= 4 is 34.6 Å². The highest BCUT2D eigenvalue weighted by Crippen LogP contribution is 2.23. The summed E-state index contributed by atoms with van der Waals surface area (Å²) in [6.45, 7) is 8.51. The minimum atomic E-state index is -0.646. The van der Waals surface area contributed by atoms with E-state index in [9.17, 15) is 14.0 Å². The summed E-state index contributed by atoms with van der Waals surface area (Å²) in [6, 6.07) is 4.22. The van der Waals surface area contributed by atoms with E-state index in [-0.39, 0.29) is 16.7 Å². The summed E-state index contributed by atoms with van der Waals surface area (Å²) in [5, 5.41) is -0.0388. The number of thiazole rings is 1. The first-order valence-electron chi connectivity index (χ1n) is 7.30. The Morgan fingerprint density at radius 2 is 1.92 bits per heavy atom. The van der Waals surface area contributed by atoms with Crippen LogP contribution in [0.15, 0.2) is 23.2 Å². The number of amides is 1. The van der Waals surface area contributed by atoms with E-state index in [1.165, 1.54) is 25.1 Å². The van der Waals surface area contributed by atoms with Crippen LogP contribution < -0.4 is 4.80 Å². The van der Waals surface area contributed by atoms with Crippen molar-refractivity contribution in [2.75, 3.05) is 0 Å². The molecule has 0 N–H and O–H groups in total. The Morgan fingerprint density at radius 3 is 2.42 bits per heavy atom. The largest absolute Gasteiger partial charge is 0.294 e. The number of Topliss-reactive ketones (excluding diaryl/α,β-unsaturated/α-hetero) is 1. The summed E-state index contributed by atoms with van der Waals surface area (Å²) in [4.78, 5) is 29.2. The number of benzene rings is 1. The highest BCUT2D eigenvalue weighted by molar-refractivity contribution is 7.11. The second-order valence-corrected chi connectivity index (χ2v) is 7.84. The molecule has 0 spiro atoms. The molecule has 1 aromatic heterocycles. The van der Waals surface area contributed by atoms with E-state index in [0.717, 1.165) is 11.3 Å². The quantitative estimate of drug-likeness (QED) is 0.741. The minimum absolute atomic E-state index is 0.0388. The van der Waals surface area contributed by atoms with E-state index in [1.807, 2.05) is 0 Å². The lowest BCUT2D eigenvalue weighted by molar-refractivity contribution is -0.125. The van der Waals surface area contributed by atoms with Crippen LogP contribution in [0.25, 0.3) is 5.69 Å². The molecule has 0 unspecified atom stereocenters. The van der Waals surface area contributed by atoms with Crippen LogP contribution in [-0.2, 0) is 4.79 Å². The van der Waals surface area contributed by atoms with E-state index in [4.69, 9.17) is 11.6 Å². The average Bonchev–Trinajstić information content (AvgIpc) is 2.78. The van der Waals surface area contributed by atoms with Gasteiger partial charge < -0.3 is 0 Å². The van der Waals surface area contributed by atoms with Crippen molar-refractivity contribution in [3.63, 3.8) is 0 Å². The monoisotopic (exact) mass is 368 g/mol. The second kappa shape index (κ2) is 6.61. The summed E-state index contributed by atoms with van der Waals surface area (Å²) in [5.74, 6) is -0.963. The third-order valence-electron chi connectivity index (χ3n) is 3.37. The molecule has 2 aromatic rings. The molecule has 128 valence electrons. The molecular formula is C17H18ClFN2O2S. The van der Waals surface area contributed by atoms with Crippen molar-refractivity contribution in [2.24, 2.45) is 10.4 Å². The summed E-state index contributed by atoms with van der Waals surface area (Å²) in [5.41, 5.74) is 0.533. The number of carbonyl (C=O) groups is 2. The fraction of sp³-hybridized carbons (Fsp3) is 0.353. The van der Waals surface area contributed by atoms with Gasteiger partial charge in [-0.05, 0) is 25.1 Å². The molecule has 0 bridgehead atoms. The number of aromatic nitrogens is 1. The predicted octanol–water partition coefficient (Wildman–Crippen LogP) is 4.32. The van der Waals surface area contributed by atoms with E-state index >= 15 is 0 Å². The van der Waals surface area contributed by atoms with Gasteiger partial charge in [0.25, 0.3) is 5.91 Å². The summed E-state index contributed by atoms with van der Waals surface area (Å²) < 4.78 is 15.1. The van der Waals surface area contributed by atoms with Crippen LogP contribution >= 0.6 is 22.9 Å². The predicted molar refractivity (Wildman–Crippen MR) is 93.4 cm³/mol. The fourth-order valence-corrected chi connectivity index (χ4v) is 3.24. The van der Waals surface area contributed by atoms with Crippen LogP contribution in [0.4, 0.5) is 4.39 Å². The zero-order valence-electron chi connectivity index (χ0n) is 14.1. The zero-order valence-corrected chi connectivity index (χ0v) is 15.7. The van der Waals surface area contributed by atoms with Gasteiger partial charge in [-0.15, -0.1) is 0 Å². The van der Waals surface area contributed by atoms with E-state index in [0.29, 0.717) is 21.1 Å². The first-order chi connectivity index (χ1) is 11.0. The third-order valence-corrected chi connectivity index (χ3v) is 4.90. The van der Waals surface area contributed by atoms with Gasteiger partial charge in [-0.3, -0.25) is 14.2 Å². The van der Waals surface area contributed by atoms with Crippen LogP contribution in [0.5, 0.6) is 0 Å². The lowest BCUT2D eigenvalue weighted by atomic mass is 9.96. The maximum atomic E-state index is 13.4. The first kappa shape index (κ1) is 18.5. The summed E-state index contributed by atoms with van der Waals surface area (Å²) >= 11 is 7.00. The van der Waals surface area contributed by atoms with Crippen molar-refractivity contribution in [1.29, 1.82) is 0 Å². The molecule has 0 aliphatic rings. The highest BCUT2D eigenvalue weighted by Gasteiger charge is 2.22. The molecular weight excluding hydrogens is 351 g/mol. The van der Waals surface area contributed by atoms with Crippen molar-refractivity contribution in [3.05, 3.63) is 44.4 Å². The lowest BCUT2D eigenvalue weighted by Crippen LogP contribution is -2.23. The molecule has 4 nitrogen and oxygen atoms in total. The molecule has 2 rings (SSSR count). The van der Waals surface area contributed by atoms with Crippen LogP contribution in [0.2, 0.25) is 5.02 Å². The Hall–Kier alpha value is -1.79. The van der Waals surface area contributed by atoms with E-state index < -0.39 is 11.2 Å². The number of nitrogens with zero attached hydrogens (tertiary/aromatic N) is 2. The SMILES string of the molecule is CC(=O)c1sc(=NC(=O)C(C)(C)C)n(-c2ccc(F)c(Cl)c2)c1C. The summed E-state index contributed by atoms with van der Waals surface area (Å²) in [7, 11) is 0. The number of rotatable bonds is 2. The molecule has 0 aliphatic carbocycles. The molecule has 0 saturated heterocycles. The maximum absolute atomic E-state index is 13.4. The van der Waals surface area contributed by atoms with Crippen LogP contribution in [0.1, 0.15) is 43.1 Å². The smallest absolute Gasteiger partial charge is 0.253 e. The molecule has 0 atom stereocenters. The Kier molecular flexibility index (Phi) is 5.11. The van der Waals surface area contributed by atoms with Gasteiger partial charge in [0.1, 0.15) is 5.82 Å². The number of hydrogen-bond donors (Lipinski definition) is 0. The minimum Gasteiger partial charge on any atom is -0.294 e. The molecule has 0 saturated carbocycles. The van der Waals surface area contributed by atoms with Crippen molar-refractivity contribution in [1.82, 2.24) is 4.57 Å². The van der Waals surface area contributed by atoms with Gasteiger partial charge in [0.2, 0.25) is 0 Å². The molecule has 1 amide bonds. The molecule has 7 heteroatoms. The van der Waals surface area contributed by atoms with Crippen molar-refractivity contribution in [3.8, 4) is 5.69 Å². The average molecular weight is 369 g/mol. The maximum Gasteiger partial charge on any atom is 0.253 e. The van der Waals surface area contributed by atoms with Gasteiger partial charge in [0, 0.05) is 23.7 Å². The second-order valence-electron chi connectivity index (χ2n) is 6.46. The standard InChI is InChI=1S/C17H18ClFN2O2S/c1-9-14(10(2)22)24-16(20-15(23)17(3,4)5)21(9)11-6-7-13(19)12(18)8-11/h6-8H,1-5H3. The third kappa shape index (κ3) is 3.65. The summed E-state index contributed by atoms with van der Waals surface area (Å²) in [6.07, 6.45) is 0. The van der Waals surface area contributed by atoms with Crippen LogP contribution in [0, 0.1) is 18.2 Å². The van der Waals surface area contributed by atoms with Gasteiger partial charge in [-0.25, -0.2) is 4.39 Å². The van der Waals surface area contributed by atoms with Gasteiger partial charge in [-0.2, -0.15) is 4.99 Å².